The van der Waals surface area contributed by atoms with Gasteiger partial charge in [-0.25, -0.2) is 0 Å². The maximum absolute atomic E-state index is 14.5. The van der Waals surface area contributed by atoms with Gasteiger partial charge in [-0.1, -0.05) is 38.5 Å². The normalized spacial score (nSPS) is 13.6. The van der Waals surface area contributed by atoms with E-state index in [0.717, 1.165) is 24.2 Å². The van der Waals surface area contributed by atoms with Crippen LogP contribution in [0.3, 0.4) is 0 Å². The number of ether oxygens (including phenoxy) is 4. The number of methoxy groups -OCH3 is 2. The van der Waals surface area contributed by atoms with Crippen LogP contribution in [-0.2, 0) is 41.5 Å². The molecular formula is C40H67NO11P2. The van der Waals surface area contributed by atoms with Gasteiger partial charge in [0, 0.05) is 20.6 Å². The van der Waals surface area contributed by atoms with Crippen molar-refractivity contribution in [3.05, 3.63) is 53.6 Å². The van der Waals surface area contributed by atoms with E-state index in [1.165, 1.54) is 5.56 Å². The third-order valence-corrected chi connectivity index (χ3v) is 14.9. The summed E-state index contributed by atoms with van der Waals surface area (Å²) in [5.74, 6) is 1.40. The Hall–Kier alpha value is -2.27. The summed E-state index contributed by atoms with van der Waals surface area (Å²) in [6.45, 7) is 18.5. The first-order chi connectivity index (χ1) is 25.5. The molecule has 1 amide bonds. The fraction of sp³-hybridized carbons (Fsp3) is 0.675. The number of carbonyl (C=O) groups excluding carboxylic acids is 1. The fourth-order valence-electron chi connectivity index (χ4n) is 6.39. The summed E-state index contributed by atoms with van der Waals surface area (Å²) in [7, 11) is -4.92. The van der Waals surface area contributed by atoms with Gasteiger partial charge in [-0.15, -0.1) is 0 Å². The summed E-state index contributed by atoms with van der Waals surface area (Å²) in [5.41, 5.74) is 2.82. The number of unbranched alkanes of at least 4 members (excludes halogenated alkanes) is 1. The molecular weight excluding hydrogens is 732 g/mol. The van der Waals surface area contributed by atoms with E-state index in [-0.39, 0.29) is 44.2 Å². The Bertz CT molecular complexity index is 1420. The number of hydrogen-bond donors (Lipinski definition) is 1. The first-order valence-electron chi connectivity index (χ1n) is 19.2. The third-order valence-electron chi connectivity index (χ3n) is 8.33. The van der Waals surface area contributed by atoms with E-state index < -0.39 is 45.0 Å². The van der Waals surface area contributed by atoms with E-state index in [9.17, 15) is 13.9 Å². The Morgan fingerprint density at radius 1 is 0.648 bits per heavy atom. The van der Waals surface area contributed by atoms with Crippen LogP contribution in [0.5, 0.6) is 11.5 Å². The highest BCUT2D eigenvalue weighted by Crippen LogP contribution is 2.73. The monoisotopic (exact) mass is 799 g/mol. The van der Waals surface area contributed by atoms with Gasteiger partial charge in [0.05, 0.1) is 30.1 Å². The third kappa shape index (κ3) is 15.3. The van der Waals surface area contributed by atoms with Crippen LogP contribution < -0.4 is 14.8 Å². The van der Waals surface area contributed by atoms with Crippen LogP contribution in [-0.4, -0.2) is 63.5 Å². The van der Waals surface area contributed by atoms with Gasteiger partial charge in [0.15, 0.2) is 19.0 Å². The van der Waals surface area contributed by atoms with Crippen LogP contribution in [0.2, 0.25) is 0 Å². The number of benzene rings is 2. The summed E-state index contributed by atoms with van der Waals surface area (Å²) in [4.78, 5) is 13.5. The molecule has 14 heteroatoms. The van der Waals surface area contributed by atoms with Gasteiger partial charge in [0.25, 0.3) is 0 Å². The molecule has 2 aromatic carbocycles. The van der Waals surface area contributed by atoms with Gasteiger partial charge >= 0.3 is 15.2 Å². The molecule has 0 saturated heterocycles. The van der Waals surface area contributed by atoms with Crippen molar-refractivity contribution in [2.45, 2.75) is 149 Å². The lowest BCUT2D eigenvalue weighted by Gasteiger charge is -2.35. The number of rotatable bonds is 27. The van der Waals surface area contributed by atoms with Gasteiger partial charge in [0.1, 0.15) is 11.5 Å². The highest BCUT2D eigenvalue weighted by molar-refractivity contribution is 7.72. The Morgan fingerprint density at radius 2 is 1.11 bits per heavy atom. The second-order valence-electron chi connectivity index (χ2n) is 14.4. The van der Waals surface area contributed by atoms with Crippen molar-refractivity contribution >= 4 is 26.8 Å². The summed E-state index contributed by atoms with van der Waals surface area (Å²) < 4.78 is 74.3. The zero-order chi connectivity index (χ0) is 40.5. The van der Waals surface area contributed by atoms with Crippen LogP contribution in [0.25, 0.3) is 0 Å². The molecule has 12 nitrogen and oxygen atoms in total. The number of amides is 1. The first kappa shape index (κ1) is 47.9. The molecule has 54 heavy (non-hydrogen) atoms. The minimum atomic E-state index is -4.02. The molecule has 0 radical (unpaired) electrons. The fourth-order valence-corrected chi connectivity index (χ4v) is 12.4. The Balaban J connectivity index is 2.33. The van der Waals surface area contributed by atoms with Crippen LogP contribution >= 0.6 is 15.2 Å². The quantitative estimate of drug-likeness (QED) is 0.0525. The minimum absolute atomic E-state index is 0.0177. The topological polar surface area (TPSA) is 137 Å². The Morgan fingerprint density at radius 3 is 1.57 bits per heavy atom. The van der Waals surface area contributed by atoms with Gasteiger partial charge in [-0.3, -0.25) is 13.9 Å². The van der Waals surface area contributed by atoms with Crippen LogP contribution in [0.4, 0.5) is 5.69 Å². The molecule has 2 aromatic rings. The lowest BCUT2D eigenvalue weighted by Crippen LogP contribution is -2.23. The summed E-state index contributed by atoms with van der Waals surface area (Å²) in [5, 5.41) is 1.88. The zero-order valence-electron chi connectivity index (χ0n) is 34.6. The number of hydrogen-bond acceptors (Lipinski definition) is 11. The van der Waals surface area contributed by atoms with Crippen molar-refractivity contribution in [1.82, 2.24) is 0 Å². The van der Waals surface area contributed by atoms with E-state index in [4.69, 9.17) is 37.0 Å². The van der Waals surface area contributed by atoms with Crippen LogP contribution in [0, 0.1) is 0 Å². The van der Waals surface area contributed by atoms with E-state index in [0.29, 0.717) is 24.3 Å². The maximum atomic E-state index is 14.5. The molecule has 1 N–H and O–H groups in total. The SMILES string of the molecule is CCC(c1ccc(OCOC)cc1)C(CC)c1ccc(OCOC)c(NC(=O)CCCCC(P(=O)(OC(C)C)OC(C)C)P(=O)(OC(C)C)OC(C)C)c1. The number of nitrogens with one attached hydrogen (secondary N) is 1. The average molecular weight is 800 g/mol. The lowest BCUT2D eigenvalue weighted by atomic mass is 9.78. The minimum Gasteiger partial charge on any atom is -0.468 e. The van der Waals surface area contributed by atoms with Gasteiger partial charge in [-0.2, -0.15) is 0 Å². The summed E-state index contributed by atoms with van der Waals surface area (Å²) in [6, 6.07) is 14.0. The van der Waals surface area contributed by atoms with Gasteiger partial charge in [-0.05, 0) is 128 Å². The molecule has 0 bridgehead atoms. The van der Waals surface area contributed by atoms with E-state index in [1.807, 2.05) is 30.3 Å². The molecule has 0 heterocycles. The zero-order valence-corrected chi connectivity index (χ0v) is 36.4. The molecule has 2 rings (SSSR count). The van der Waals surface area contributed by atoms with Gasteiger partial charge < -0.3 is 42.4 Å². The molecule has 0 fully saturated rings. The van der Waals surface area contributed by atoms with Crippen molar-refractivity contribution in [2.24, 2.45) is 0 Å². The maximum Gasteiger partial charge on any atom is 0.346 e. The highest BCUT2D eigenvalue weighted by atomic mass is 31.2. The van der Waals surface area contributed by atoms with Crippen molar-refractivity contribution < 1.29 is 51.0 Å². The van der Waals surface area contributed by atoms with Crippen molar-refractivity contribution in [2.75, 3.05) is 33.1 Å². The van der Waals surface area contributed by atoms with Gasteiger partial charge in [0.2, 0.25) is 5.91 Å². The molecule has 0 saturated carbocycles. The molecule has 2 atom stereocenters. The second-order valence-corrected chi connectivity index (χ2v) is 19.1. The van der Waals surface area contributed by atoms with E-state index >= 15 is 0 Å². The average Bonchev–Trinajstić information content (AvgIpc) is 3.07. The largest absolute Gasteiger partial charge is 0.468 e. The predicted molar refractivity (Wildman–Crippen MR) is 215 cm³/mol. The van der Waals surface area contributed by atoms with E-state index in [1.54, 1.807) is 69.6 Å². The molecule has 0 aliphatic carbocycles. The molecule has 0 aromatic heterocycles. The second kappa shape index (κ2) is 23.7. The Kier molecular flexibility index (Phi) is 21.0. The predicted octanol–water partition coefficient (Wildman–Crippen LogP) is 11.3. The molecule has 308 valence electrons. The lowest BCUT2D eigenvalue weighted by molar-refractivity contribution is -0.116. The van der Waals surface area contributed by atoms with Crippen molar-refractivity contribution in [1.29, 1.82) is 0 Å². The standard InChI is InChI=1S/C40H67NO11P2/c1-13-35(32-19-22-34(23-20-32)47-26-45-11)36(14-2)33-21-24-38(48-27-46-12)37(25-33)41-39(42)17-15-16-18-40(53(43,49-28(3)4)50-29(5)6)54(44,51-30(7)8)52-31(9)10/h19-25,28-31,35-36,40H,13-18,26-27H2,1-12H3,(H,41,42). The number of anilines is 1. The van der Waals surface area contributed by atoms with Crippen LogP contribution in [0.15, 0.2) is 42.5 Å². The summed E-state index contributed by atoms with van der Waals surface area (Å²) >= 11 is 0. The molecule has 2 unspecified atom stereocenters. The number of carbonyl (C=O) groups is 1. The molecule has 0 spiro atoms. The summed E-state index contributed by atoms with van der Waals surface area (Å²) in [6.07, 6.45) is 0.976. The van der Waals surface area contributed by atoms with E-state index in [2.05, 4.69) is 31.3 Å². The van der Waals surface area contributed by atoms with Crippen molar-refractivity contribution in [3.8, 4) is 11.5 Å². The smallest absolute Gasteiger partial charge is 0.346 e. The first-order valence-corrected chi connectivity index (χ1v) is 22.4. The van der Waals surface area contributed by atoms with Crippen LogP contribution in [0.1, 0.15) is 131 Å². The van der Waals surface area contributed by atoms with Crippen molar-refractivity contribution in [3.63, 3.8) is 0 Å². The molecule has 0 aliphatic heterocycles. The highest BCUT2D eigenvalue weighted by Gasteiger charge is 2.52. The molecule has 0 aliphatic rings. The Labute approximate surface area is 324 Å².